The van der Waals surface area contributed by atoms with Crippen LogP contribution in [0.1, 0.15) is 24.0 Å². The molecule has 2 aromatic carbocycles. The highest BCUT2D eigenvalue weighted by Gasteiger charge is 2.36. The number of halogens is 3. The number of aliphatic hydroxyl groups excluding tert-OH is 2. The Hall–Kier alpha value is -3.31. The second-order valence-corrected chi connectivity index (χ2v) is 9.04. The minimum atomic E-state index is -4.79. The van der Waals surface area contributed by atoms with Gasteiger partial charge in [0.15, 0.2) is 18.0 Å². The number of para-hydroxylation sites is 2. The number of hydrogen-bond acceptors (Lipinski definition) is 6. The zero-order valence-electron chi connectivity index (χ0n) is 19.4. The van der Waals surface area contributed by atoms with Gasteiger partial charge in [-0.1, -0.05) is 36.4 Å². The van der Waals surface area contributed by atoms with Gasteiger partial charge >= 0.3 is 6.36 Å². The molecular weight excluding hydrogens is 479 g/mol. The molecule has 2 aliphatic heterocycles. The minimum absolute atomic E-state index is 0.0222. The number of amides is 2. The Labute approximate surface area is 206 Å². The van der Waals surface area contributed by atoms with Gasteiger partial charge in [-0.15, -0.1) is 13.2 Å². The molecule has 2 heterocycles. The molecule has 0 radical (unpaired) electrons. The maximum absolute atomic E-state index is 12.7. The molecule has 0 saturated carbocycles. The fraction of sp³-hybridized carbons (Fsp3) is 0.440. The summed E-state index contributed by atoms with van der Waals surface area (Å²) in [6.45, 7) is 1.72. The lowest BCUT2D eigenvalue weighted by atomic mass is 9.96. The van der Waals surface area contributed by atoms with E-state index in [0.717, 1.165) is 11.1 Å². The second kappa shape index (κ2) is 10.8. The van der Waals surface area contributed by atoms with E-state index in [1.165, 1.54) is 17.0 Å². The first-order chi connectivity index (χ1) is 17.1. The van der Waals surface area contributed by atoms with Gasteiger partial charge in [0.05, 0.1) is 5.69 Å². The van der Waals surface area contributed by atoms with E-state index in [9.17, 15) is 33.0 Å². The van der Waals surface area contributed by atoms with Crippen molar-refractivity contribution < 1.29 is 37.7 Å². The third-order valence-corrected chi connectivity index (χ3v) is 6.58. The van der Waals surface area contributed by atoms with Crippen LogP contribution in [0.15, 0.2) is 48.5 Å². The lowest BCUT2D eigenvalue weighted by molar-refractivity contribution is -0.274. The van der Waals surface area contributed by atoms with Gasteiger partial charge in [0.1, 0.15) is 0 Å². The number of hydrogen-bond donors (Lipinski definition) is 3. The first-order valence-corrected chi connectivity index (χ1v) is 11.7. The van der Waals surface area contributed by atoms with Crippen LogP contribution in [0.5, 0.6) is 5.75 Å². The Morgan fingerprint density at radius 1 is 0.972 bits per heavy atom. The van der Waals surface area contributed by atoms with Gasteiger partial charge in [-0.3, -0.25) is 9.59 Å². The van der Waals surface area contributed by atoms with E-state index in [0.29, 0.717) is 44.7 Å². The Balaban J connectivity index is 1.24. The number of rotatable bonds is 7. The lowest BCUT2D eigenvalue weighted by Gasteiger charge is -2.34. The molecule has 0 aromatic heterocycles. The number of piperidine rings is 1. The topological polar surface area (TPSA) is 102 Å². The summed E-state index contributed by atoms with van der Waals surface area (Å²) < 4.78 is 42.3. The standard InChI is InChI=1S/C25H28F3N3O5/c26-25(27,28)36-20-8-4-3-7-19(20)30-11-9-16(10-12-30)13-29-23(34)21(32)22(33)24(35)31-14-17-5-1-2-6-18(17)15-31/h1-8,16,21-22,32-33H,9-15H2,(H,29,34)/t21-,22-/m1/s1. The number of nitrogens with zero attached hydrogens (tertiary/aromatic N) is 2. The van der Waals surface area contributed by atoms with Crippen LogP contribution in [0.4, 0.5) is 18.9 Å². The van der Waals surface area contributed by atoms with Crippen molar-refractivity contribution in [3.05, 3.63) is 59.7 Å². The molecular formula is C25H28F3N3O5. The van der Waals surface area contributed by atoms with Crippen LogP contribution in [0.25, 0.3) is 0 Å². The molecule has 11 heteroatoms. The molecule has 2 atom stereocenters. The molecule has 0 bridgehead atoms. The number of aliphatic hydroxyl groups is 2. The summed E-state index contributed by atoms with van der Waals surface area (Å²) in [7, 11) is 0. The molecule has 1 fully saturated rings. The molecule has 4 rings (SSSR count). The van der Waals surface area contributed by atoms with E-state index in [1.54, 1.807) is 17.0 Å². The molecule has 1 saturated heterocycles. The highest BCUT2D eigenvalue weighted by molar-refractivity contribution is 5.91. The number of anilines is 1. The Morgan fingerprint density at radius 2 is 1.56 bits per heavy atom. The summed E-state index contributed by atoms with van der Waals surface area (Å²) in [5, 5.41) is 23.1. The molecule has 0 spiro atoms. The fourth-order valence-corrected chi connectivity index (χ4v) is 4.61. The van der Waals surface area contributed by atoms with Crippen LogP contribution in [0.3, 0.4) is 0 Å². The summed E-state index contributed by atoms with van der Waals surface area (Å²) in [6.07, 6.45) is -7.40. The van der Waals surface area contributed by atoms with Gasteiger partial charge in [-0.05, 0) is 42.0 Å². The number of carbonyl (C=O) groups excluding carboxylic acids is 2. The number of benzene rings is 2. The predicted molar refractivity (Wildman–Crippen MR) is 124 cm³/mol. The van der Waals surface area contributed by atoms with E-state index < -0.39 is 30.4 Å². The van der Waals surface area contributed by atoms with E-state index >= 15 is 0 Å². The van der Waals surface area contributed by atoms with Crippen LogP contribution in [-0.4, -0.2) is 65.1 Å². The molecule has 194 valence electrons. The maximum Gasteiger partial charge on any atom is 0.573 e. The van der Waals surface area contributed by atoms with Crippen LogP contribution in [0, 0.1) is 5.92 Å². The molecule has 0 aliphatic carbocycles. The van der Waals surface area contributed by atoms with Crippen LogP contribution < -0.4 is 15.0 Å². The van der Waals surface area contributed by atoms with Gasteiger partial charge in [0.2, 0.25) is 0 Å². The Bertz CT molecular complexity index is 1060. The third-order valence-electron chi connectivity index (χ3n) is 6.58. The predicted octanol–water partition coefficient (Wildman–Crippen LogP) is 2.18. The van der Waals surface area contributed by atoms with Crippen LogP contribution in [-0.2, 0) is 22.7 Å². The first-order valence-electron chi connectivity index (χ1n) is 11.7. The summed E-state index contributed by atoms with van der Waals surface area (Å²) >= 11 is 0. The van der Waals surface area contributed by atoms with Crippen molar-refractivity contribution in [2.75, 3.05) is 24.5 Å². The summed E-state index contributed by atoms with van der Waals surface area (Å²) in [5.74, 6) is -1.81. The van der Waals surface area contributed by atoms with Gasteiger partial charge < -0.3 is 30.1 Å². The molecule has 3 N–H and O–H groups in total. The lowest BCUT2D eigenvalue weighted by Crippen LogP contribution is -2.50. The Morgan fingerprint density at radius 3 is 2.17 bits per heavy atom. The van der Waals surface area contributed by atoms with Crippen molar-refractivity contribution in [1.29, 1.82) is 0 Å². The van der Waals surface area contributed by atoms with Crippen LogP contribution in [0.2, 0.25) is 0 Å². The quantitative estimate of drug-likeness (QED) is 0.531. The van der Waals surface area contributed by atoms with Crippen molar-refractivity contribution in [2.45, 2.75) is 44.5 Å². The normalized spacial score (nSPS) is 17.9. The number of nitrogens with one attached hydrogen (secondary N) is 1. The molecule has 36 heavy (non-hydrogen) atoms. The highest BCUT2D eigenvalue weighted by Crippen LogP contribution is 2.34. The average molecular weight is 508 g/mol. The van der Waals surface area contributed by atoms with Gasteiger partial charge in [-0.2, -0.15) is 0 Å². The van der Waals surface area contributed by atoms with Crippen LogP contribution >= 0.6 is 0 Å². The van der Waals surface area contributed by atoms with Crippen molar-refractivity contribution in [3.8, 4) is 5.75 Å². The summed E-state index contributed by atoms with van der Waals surface area (Å²) in [6, 6.07) is 13.4. The van der Waals surface area contributed by atoms with Gasteiger partial charge in [0.25, 0.3) is 11.8 Å². The monoisotopic (exact) mass is 507 g/mol. The number of alkyl halides is 3. The molecule has 2 amide bonds. The zero-order valence-corrected chi connectivity index (χ0v) is 19.4. The van der Waals surface area contributed by atoms with Gasteiger partial charge in [0, 0.05) is 32.7 Å². The number of ether oxygens (including phenoxy) is 1. The summed E-state index contributed by atoms with van der Waals surface area (Å²) in [5.41, 5.74) is 2.25. The highest BCUT2D eigenvalue weighted by atomic mass is 19.4. The molecule has 2 aromatic rings. The smallest absolute Gasteiger partial charge is 0.404 e. The number of carbonyl (C=O) groups is 2. The SMILES string of the molecule is O=C(NCC1CCN(c2ccccc2OC(F)(F)F)CC1)[C@H](O)[C@@H](O)C(=O)N1Cc2ccccc2C1. The Kier molecular flexibility index (Phi) is 7.70. The van der Waals surface area contributed by atoms with Crippen molar-refractivity contribution in [2.24, 2.45) is 5.92 Å². The van der Waals surface area contributed by atoms with Crippen molar-refractivity contribution in [1.82, 2.24) is 10.2 Å². The second-order valence-electron chi connectivity index (χ2n) is 9.04. The summed E-state index contributed by atoms with van der Waals surface area (Å²) in [4.78, 5) is 28.2. The van der Waals surface area contributed by atoms with Gasteiger partial charge in [-0.25, -0.2) is 0 Å². The van der Waals surface area contributed by atoms with E-state index in [1.807, 2.05) is 24.3 Å². The van der Waals surface area contributed by atoms with E-state index in [4.69, 9.17) is 0 Å². The van der Waals surface area contributed by atoms with E-state index in [-0.39, 0.29) is 18.2 Å². The molecule has 8 nitrogen and oxygen atoms in total. The third kappa shape index (κ3) is 6.08. The van der Waals surface area contributed by atoms with Crippen molar-refractivity contribution >= 4 is 17.5 Å². The zero-order chi connectivity index (χ0) is 25.9. The molecule has 0 unspecified atom stereocenters. The maximum atomic E-state index is 12.7. The fourth-order valence-electron chi connectivity index (χ4n) is 4.61. The van der Waals surface area contributed by atoms with Crippen molar-refractivity contribution in [3.63, 3.8) is 0 Å². The molecule has 2 aliphatic rings. The largest absolute Gasteiger partial charge is 0.573 e. The van der Waals surface area contributed by atoms with E-state index in [2.05, 4.69) is 10.1 Å². The minimum Gasteiger partial charge on any atom is -0.404 e. The first kappa shape index (κ1) is 25.8. The number of fused-ring (bicyclic) bond motifs is 1. The average Bonchev–Trinajstić information content (AvgIpc) is 3.30.